The minimum absolute atomic E-state index is 0.0130. The van der Waals surface area contributed by atoms with E-state index in [-0.39, 0.29) is 34.9 Å². The van der Waals surface area contributed by atoms with Crippen molar-refractivity contribution in [2.45, 2.75) is 25.9 Å². The van der Waals surface area contributed by atoms with Crippen molar-refractivity contribution < 1.29 is 31.1 Å². The molecule has 0 unspecified atom stereocenters. The molecule has 1 aromatic carbocycles. The first-order valence-electron chi connectivity index (χ1n) is 9.57. The fourth-order valence-corrected chi connectivity index (χ4v) is 3.19. The van der Waals surface area contributed by atoms with Crippen molar-refractivity contribution in [3.05, 3.63) is 76.5 Å². The molecule has 0 saturated heterocycles. The van der Waals surface area contributed by atoms with E-state index in [2.05, 4.69) is 21.5 Å². The van der Waals surface area contributed by atoms with Gasteiger partial charge in [-0.2, -0.15) is 31.3 Å². The topological polar surface area (TPSA) is 52.8 Å². The van der Waals surface area contributed by atoms with E-state index in [9.17, 15) is 26.3 Å². The minimum atomic E-state index is -4.64. The number of hydrogen-bond donors (Lipinski definition) is 0. The predicted octanol–water partition coefficient (Wildman–Crippen LogP) is 6.57. The van der Waals surface area contributed by atoms with E-state index >= 15 is 0 Å². The first-order chi connectivity index (χ1) is 15.8. The summed E-state index contributed by atoms with van der Waals surface area (Å²) in [6.45, 7) is 4.54. The Hall–Kier alpha value is -3.34. The predicted molar refractivity (Wildman–Crippen MR) is 114 cm³/mol. The third-order valence-corrected chi connectivity index (χ3v) is 4.84. The second-order valence-electron chi connectivity index (χ2n) is 7.14. The van der Waals surface area contributed by atoms with E-state index in [1.807, 2.05) is 0 Å². The second-order valence-corrected chi connectivity index (χ2v) is 7.48. The number of benzene rings is 1. The van der Waals surface area contributed by atoms with Gasteiger partial charge in [0.2, 0.25) is 11.2 Å². The van der Waals surface area contributed by atoms with Crippen LogP contribution in [0.15, 0.2) is 48.7 Å². The highest BCUT2D eigenvalue weighted by molar-refractivity contribution is 6.28. The van der Waals surface area contributed by atoms with Crippen LogP contribution in [0.25, 0.3) is 17.5 Å². The number of aryl methyl sites for hydroxylation is 2. The van der Waals surface area contributed by atoms with Crippen LogP contribution in [0.4, 0.5) is 26.3 Å². The quantitative estimate of drug-likeness (QED) is 0.217. The lowest BCUT2D eigenvalue weighted by molar-refractivity contribution is -0.140. The number of aromatic nitrogens is 4. The van der Waals surface area contributed by atoms with Gasteiger partial charge in [0.25, 0.3) is 0 Å². The van der Waals surface area contributed by atoms with E-state index in [4.69, 9.17) is 16.3 Å². The maximum Gasteiger partial charge on any atom is 0.434 e. The Morgan fingerprint density at radius 1 is 1.09 bits per heavy atom. The van der Waals surface area contributed by atoms with Gasteiger partial charge in [-0.3, -0.25) is 0 Å². The highest BCUT2D eigenvalue weighted by atomic mass is 35.5. The van der Waals surface area contributed by atoms with E-state index in [1.165, 1.54) is 18.5 Å². The van der Waals surface area contributed by atoms with Crippen molar-refractivity contribution in [3.8, 4) is 17.3 Å². The number of allylic oxidation sites excluding steroid dienone is 2. The molecule has 2 heterocycles. The summed E-state index contributed by atoms with van der Waals surface area (Å²) in [5.74, 6) is -0.0429. The van der Waals surface area contributed by atoms with Crippen molar-refractivity contribution >= 4 is 17.7 Å². The molecule has 0 spiro atoms. The van der Waals surface area contributed by atoms with Crippen LogP contribution in [0.1, 0.15) is 22.5 Å². The van der Waals surface area contributed by atoms with E-state index in [1.54, 1.807) is 24.3 Å². The van der Waals surface area contributed by atoms with Gasteiger partial charge in [0.1, 0.15) is 12.4 Å². The van der Waals surface area contributed by atoms with Gasteiger partial charge in [-0.15, -0.1) is 0 Å². The summed E-state index contributed by atoms with van der Waals surface area (Å²) >= 11 is 5.85. The molecule has 0 radical (unpaired) electrons. The maximum absolute atomic E-state index is 13.2. The van der Waals surface area contributed by atoms with Gasteiger partial charge in [0.05, 0.1) is 16.8 Å². The van der Waals surface area contributed by atoms with E-state index in [0.29, 0.717) is 17.2 Å². The SMILES string of the molecule is C=C/C(=C\c1c(C)nc(Cl)nc1OCc1ccc(-c2nc(C(F)(F)F)cn2C)cc1)C(F)(F)F. The van der Waals surface area contributed by atoms with Crippen LogP contribution in [0, 0.1) is 6.92 Å². The Labute approximate surface area is 195 Å². The van der Waals surface area contributed by atoms with Crippen molar-refractivity contribution in [1.82, 2.24) is 19.5 Å². The van der Waals surface area contributed by atoms with Gasteiger partial charge in [0, 0.05) is 18.8 Å². The lowest BCUT2D eigenvalue weighted by Crippen LogP contribution is -2.10. The summed E-state index contributed by atoms with van der Waals surface area (Å²) < 4.78 is 85.0. The molecule has 180 valence electrons. The summed E-state index contributed by atoms with van der Waals surface area (Å²) in [5.41, 5.74) is -0.843. The summed E-state index contributed by atoms with van der Waals surface area (Å²) in [5, 5.41) is -0.206. The van der Waals surface area contributed by atoms with Crippen LogP contribution in [0.5, 0.6) is 5.88 Å². The molecule has 0 saturated carbocycles. The number of alkyl halides is 6. The van der Waals surface area contributed by atoms with Crippen molar-refractivity contribution in [3.63, 3.8) is 0 Å². The fourth-order valence-electron chi connectivity index (χ4n) is 2.98. The van der Waals surface area contributed by atoms with E-state index in [0.717, 1.165) is 12.3 Å². The Kier molecular flexibility index (Phi) is 7.06. The fraction of sp³-hybridized carbons (Fsp3) is 0.227. The van der Waals surface area contributed by atoms with Gasteiger partial charge in [-0.25, -0.2) is 9.97 Å². The monoisotopic (exact) mass is 502 g/mol. The van der Waals surface area contributed by atoms with Crippen molar-refractivity contribution in [1.29, 1.82) is 0 Å². The number of ether oxygens (including phenoxy) is 1. The summed E-state index contributed by atoms with van der Waals surface area (Å²) in [6.07, 6.45) is -6.84. The molecule has 0 aliphatic carbocycles. The van der Waals surface area contributed by atoms with Crippen molar-refractivity contribution in [2.75, 3.05) is 0 Å². The molecule has 0 bridgehead atoms. The summed E-state index contributed by atoms with van der Waals surface area (Å²) in [6, 6.07) is 6.29. The molecule has 0 atom stereocenters. The second kappa shape index (κ2) is 9.49. The van der Waals surface area contributed by atoms with Gasteiger partial charge in [0.15, 0.2) is 5.69 Å². The molecular formula is C22H17ClF6N4O. The number of imidazole rings is 1. The maximum atomic E-state index is 13.2. The average Bonchev–Trinajstić information content (AvgIpc) is 3.13. The van der Waals surface area contributed by atoms with Gasteiger partial charge in [-0.1, -0.05) is 36.9 Å². The molecule has 0 aliphatic rings. The first-order valence-corrected chi connectivity index (χ1v) is 9.95. The highest BCUT2D eigenvalue weighted by Crippen LogP contribution is 2.33. The lowest BCUT2D eigenvalue weighted by atomic mass is 10.1. The highest BCUT2D eigenvalue weighted by Gasteiger charge is 2.34. The molecule has 0 N–H and O–H groups in total. The number of rotatable bonds is 6. The third kappa shape index (κ3) is 5.77. The molecule has 0 amide bonds. The normalized spacial score (nSPS) is 12.7. The Morgan fingerprint density at radius 3 is 2.26 bits per heavy atom. The zero-order valence-electron chi connectivity index (χ0n) is 17.8. The largest absolute Gasteiger partial charge is 0.472 e. The molecule has 3 aromatic rings. The van der Waals surface area contributed by atoms with Gasteiger partial charge >= 0.3 is 12.4 Å². The molecule has 5 nitrogen and oxygen atoms in total. The van der Waals surface area contributed by atoms with Crippen LogP contribution in [0.3, 0.4) is 0 Å². The molecule has 0 fully saturated rings. The Morgan fingerprint density at radius 2 is 1.74 bits per heavy atom. The standard InChI is InChI=1S/C22H17ClF6N4O/c1-4-15(21(24,25)26)9-16-12(2)30-20(23)32-19(16)34-11-13-5-7-14(8-6-13)18-31-17(10-33(18)3)22(27,28)29/h4-10H,1,11H2,2-3H3/b15-9+. The first kappa shape index (κ1) is 25.3. The van der Waals surface area contributed by atoms with Gasteiger partial charge in [-0.05, 0) is 30.2 Å². The van der Waals surface area contributed by atoms with Crippen LogP contribution >= 0.6 is 11.6 Å². The smallest absolute Gasteiger partial charge is 0.434 e. The Balaban J connectivity index is 1.85. The van der Waals surface area contributed by atoms with Crippen LogP contribution in [-0.4, -0.2) is 25.7 Å². The minimum Gasteiger partial charge on any atom is -0.472 e. The van der Waals surface area contributed by atoms with Crippen molar-refractivity contribution in [2.24, 2.45) is 7.05 Å². The Bertz CT molecular complexity index is 1230. The number of halogens is 7. The molecule has 2 aromatic heterocycles. The summed E-state index contributed by atoms with van der Waals surface area (Å²) in [4.78, 5) is 11.4. The molecule has 0 aliphatic heterocycles. The number of hydrogen-bond acceptors (Lipinski definition) is 4. The van der Waals surface area contributed by atoms with Crippen LogP contribution < -0.4 is 4.74 Å². The summed E-state index contributed by atoms with van der Waals surface area (Å²) in [7, 11) is 1.45. The van der Waals surface area contributed by atoms with Crippen LogP contribution in [0.2, 0.25) is 5.28 Å². The molecule has 12 heteroatoms. The molecular weight excluding hydrogens is 486 g/mol. The van der Waals surface area contributed by atoms with Crippen LogP contribution in [-0.2, 0) is 19.8 Å². The zero-order valence-corrected chi connectivity index (χ0v) is 18.6. The zero-order chi connectivity index (χ0) is 25.3. The lowest BCUT2D eigenvalue weighted by Gasteiger charge is -2.13. The molecule has 34 heavy (non-hydrogen) atoms. The third-order valence-electron chi connectivity index (χ3n) is 4.68. The number of nitrogens with zero attached hydrogens (tertiary/aromatic N) is 4. The van der Waals surface area contributed by atoms with Gasteiger partial charge < -0.3 is 9.30 Å². The average molecular weight is 503 g/mol. The molecule has 3 rings (SSSR count). The van der Waals surface area contributed by atoms with E-state index < -0.39 is 23.6 Å².